The van der Waals surface area contributed by atoms with E-state index >= 15 is 0 Å². The second-order valence-electron chi connectivity index (χ2n) is 5.07. The smallest absolute Gasteiger partial charge is 0.165 e. The molecule has 1 aromatic carbocycles. The molecule has 0 spiro atoms. The molecule has 18 heavy (non-hydrogen) atoms. The van der Waals surface area contributed by atoms with E-state index in [1.807, 2.05) is 0 Å². The minimum absolute atomic E-state index is 0.194. The van der Waals surface area contributed by atoms with Crippen molar-refractivity contribution >= 4 is 0 Å². The van der Waals surface area contributed by atoms with Crippen LogP contribution < -0.4 is 10.5 Å². The van der Waals surface area contributed by atoms with Crippen LogP contribution in [0.1, 0.15) is 37.4 Å². The van der Waals surface area contributed by atoms with Crippen LogP contribution in [0.15, 0.2) is 18.2 Å². The Hall–Kier alpha value is -1.13. The predicted molar refractivity (Wildman–Crippen MR) is 67.9 cm³/mol. The van der Waals surface area contributed by atoms with Gasteiger partial charge in [0.25, 0.3) is 0 Å². The van der Waals surface area contributed by atoms with E-state index in [9.17, 15) is 9.50 Å². The fourth-order valence-electron chi connectivity index (χ4n) is 2.87. The van der Waals surface area contributed by atoms with Crippen molar-refractivity contribution in [3.8, 4) is 5.75 Å². The van der Waals surface area contributed by atoms with Crippen LogP contribution in [0.5, 0.6) is 5.75 Å². The molecule has 1 unspecified atom stereocenters. The second-order valence-corrected chi connectivity index (χ2v) is 5.07. The molecule has 0 aromatic heterocycles. The molecule has 1 fully saturated rings. The summed E-state index contributed by atoms with van der Waals surface area (Å²) < 4.78 is 18.5. The van der Waals surface area contributed by atoms with Gasteiger partial charge in [-0.05, 0) is 30.5 Å². The van der Waals surface area contributed by atoms with Crippen molar-refractivity contribution < 1.29 is 14.2 Å². The number of methoxy groups -OCH3 is 1. The molecule has 1 saturated carbocycles. The Labute approximate surface area is 107 Å². The van der Waals surface area contributed by atoms with Gasteiger partial charge >= 0.3 is 0 Å². The van der Waals surface area contributed by atoms with Gasteiger partial charge in [0, 0.05) is 12.0 Å². The normalized spacial score (nSPS) is 19.8. The van der Waals surface area contributed by atoms with Crippen molar-refractivity contribution in [3.63, 3.8) is 0 Å². The Kier molecular flexibility index (Phi) is 3.88. The van der Waals surface area contributed by atoms with Crippen LogP contribution in [0.25, 0.3) is 0 Å². The lowest BCUT2D eigenvalue weighted by Crippen LogP contribution is -2.34. The molecular weight excluding hydrogens is 233 g/mol. The Morgan fingerprint density at radius 1 is 1.44 bits per heavy atom. The molecule has 3 N–H and O–H groups in total. The minimum atomic E-state index is -0.703. The molecule has 3 nitrogen and oxygen atoms in total. The third kappa shape index (κ3) is 2.22. The van der Waals surface area contributed by atoms with Crippen LogP contribution in [-0.2, 0) is 0 Å². The number of aliphatic hydroxyl groups is 1. The first kappa shape index (κ1) is 13.3. The Balaban J connectivity index is 2.27. The van der Waals surface area contributed by atoms with Crippen molar-refractivity contribution in [1.29, 1.82) is 0 Å². The third-order valence-electron chi connectivity index (χ3n) is 4.08. The van der Waals surface area contributed by atoms with Gasteiger partial charge in [0.05, 0.1) is 13.2 Å². The molecule has 4 heteroatoms. The van der Waals surface area contributed by atoms with Crippen LogP contribution >= 0.6 is 0 Å². The molecule has 0 amide bonds. The molecule has 0 radical (unpaired) electrons. The fourth-order valence-corrected chi connectivity index (χ4v) is 2.87. The molecule has 1 aromatic rings. The quantitative estimate of drug-likeness (QED) is 0.866. The van der Waals surface area contributed by atoms with Gasteiger partial charge in [-0.2, -0.15) is 0 Å². The average Bonchev–Trinajstić information content (AvgIpc) is 2.87. The highest BCUT2D eigenvalue weighted by molar-refractivity contribution is 5.31. The van der Waals surface area contributed by atoms with Gasteiger partial charge in [0.1, 0.15) is 0 Å². The van der Waals surface area contributed by atoms with Crippen molar-refractivity contribution in [1.82, 2.24) is 0 Å². The zero-order valence-electron chi connectivity index (χ0n) is 10.7. The van der Waals surface area contributed by atoms with Crippen molar-refractivity contribution in [2.24, 2.45) is 11.1 Å². The van der Waals surface area contributed by atoms with E-state index in [1.54, 1.807) is 12.1 Å². The number of ether oxygens (including phenoxy) is 1. The third-order valence-corrected chi connectivity index (χ3v) is 4.08. The number of nitrogens with two attached hydrogens (primary N) is 1. The monoisotopic (exact) mass is 253 g/mol. The molecular formula is C14H20FNO2. The van der Waals surface area contributed by atoms with Gasteiger partial charge < -0.3 is 15.6 Å². The lowest BCUT2D eigenvalue weighted by molar-refractivity contribution is 0.0330. The molecule has 1 aliphatic carbocycles. The first-order valence-corrected chi connectivity index (χ1v) is 6.34. The minimum Gasteiger partial charge on any atom is -0.494 e. The number of benzene rings is 1. The molecule has 100 valence electrons. The maximum absolute atomic E-state index is 13.7. The summed E-state index contributed by atoms with van der Waals surface area (Å²) in [5, 5.41) is 10.5. The topological polar surface area (TPSA) is 55.5 Å². The average molecular weight is 253 g/mol. The number of hydrogen-bond donors (Lipinski definition) is 2. The van der Waals surface area contributed by atoms with E-state index in [-0.39, 0.29) is 11.2 Å². The van der Waals surface area contributed by atoms with E-state index in [1.165, 1.54) is 13.2 Å². The fraction of sp³-hybridized carbons (Fsp3) is 0.571. The summed E-state index contributed by atoms with van der Waals surface area (Å²) in [5.74, 6) is -0.251. The van der Waals surface area contributed by atoms with E-state index in [0.717, 1.165) is 25.7 Å². The predicted octanol–water partition coefficient (Wildman–Crippen LogP) is 2.39. The molecule has 1 atom stereocenters. The molecule has 1 aliphatic rings. The van der Waals surface area contributed by atoms with Crippen LogP contribution in [0, 0.1) is 11.2 Å². The van der Waals surface area contributed by atoms with Gasteiger partial charge in [-0.25, -0.2) is 4.39 Å². The zero-order valence-corrected chi connectivity index (χ0v) is 10.7. The van der Waals surface area contributed by atoms with Gasteiger partial charge in [0.15, 0.2) is 11.6 Å². The lowest BCUT2D eigenvalue weighted by atomic mass is 9.77. The summed E-state index contributed by atoms with van der Waals surface area (Å²) in [4.78, 5) is 0. The SMILES string of the molecule is COc1ccc(C(O)C2(CN)CCCC2)cc1F. The largest absolute Gasteiger partial charge is 0.494 e. The van der Waals surface area contributed by atoms with Crippen LogP contribution in [0.3, 0.4) is 0 Å². The van der Waals surface area contributed by atoms with Crippen molar-refractivity contribution in [2.75, 3.05) is 13.7 Å². The Bertz CT molecular complexity index is 416. The first-order chi connectivity index (χ1) is 8.63. The Morgan fingerprint density at radius 2 is 2.11 bits per heavy atom. The van der Waals surface area contributed by atoms with Crippen molar-refractivity contribution in [3.05, 3.63) is 29.6 Å². The molecule has 0 aliphatic heterocycles. The number of hydrogen-bond acceptors (Lipinski definition) is 3. The second kappa shape index (κ2) is 5.24. The van der Waals surface area contributed by atoms with Crippen LogP contribution in [-0.4, -0.2) is 18.8 Å². The van der Waals surface area contributed by atoms with Gasteiger partial charge in [-0.15, -0.1) is 0 Å². The molecule has 0 saturated heterocycles. The standard InChI is InChI=1S/C14H20FNO2/c1-18-12-5-4-10(8-11(12)15)13(17)14(9-16)6-2-3-7-14/h4-5,8,13,17H,2-3,6-7,9,16H2,1H3. The zero-order chi connectivity index (χ0) is 13.2. The highest BCUT2D eigenvalue weighted by Gasteiger charge is 2.40. The van der Waals surface area contributed by atoms with E-state index in [4.69, 9.17) is 10.5 Å². The van der Waals surface area contributed by atoms with Gasteiger partial charge in [-0.1, -0.05) is 18.9 Å². The van der Waals surface area contributed by atoms with Crippen LogP contribution in [0.4, 0.5) is 4.39 Å². The summed E-state index contributed by atoms with van der Waals surface area (Å²) >= 11 is 0. The maximum atomic E-state index is 13.7. The summed E-state index contributed by atoms with van der Waals surface area (Å²) in [6.07, 6.45) is 3.25. The van der Waals surface area contributed by atoms with E-state index in [0.29, 0.717) is 12.1 Å². The lowest BCUT2D eigenvalue weighted by Gasteiger charge is -2.33. The highest BCUT2D eigenvalue weighted by atomic mass is 19.1. The first-order valence-electron chi connectivity index (χ1n) is 6.34. The van der Waals surface area contributed by atoms with Crippen LogP contribution in [0.2, 0.25) is 0 Å². The molecule has 2 rings (SSSR count). The van der Waals surface area contributed by atoms with Gasteiger partial charge in [0.2, 0.25) is 0 Å². The summed E-state index contributed by atoms with van der Waals surface area (Å²) in [7, 11) is 1.42. The summed E-state index contributed by atoms with van der Waals surface area (Å²) in [6.45, 7) is 0.432. The van der Waals surface area contributed by atoms with Crippen molar-refractivity contribution in [2.45, 2.75) is 31.8 Å². The molecule has 0 bridgehead atoms. The number of aliphatic hydroxyl groups excluding tert-OH is 1. The van der Waals surface area contributed by atoms with E-state index in [2.05, 4.69) is 0 Å². The highest BCUT2D eigenvalue weighted by Crippen LogP contribution is 2.47. The summed E-state index contributed by atoms with van der Waals surface area (Å²) in [6, 6.07) is 4.61. The number of rotatable bonds is 4. The summed E-state index contributed by atoms with van der Waals surface area (Å²) in [5.41, 5.74) is 6.12. The maximum Gasteiger partial charge on any atom is 0.165 e. The Morgan fingerprint density at radius 3 is 2.61 bits per heavy atom. The number of halogens is 1. The van der Waals surface area contributed by atoms with Gasteiger partial charge in [-0.3, -0.25) is 0 Å². The van der Waals surface area contributed by atoms with E-state index < -0.39 is 11.9 Å². The molecule has 0 heterocycles.